The van der Waals surface area contributed by atoms with Crippen molar-refractivity contribution in [2.45, 2.75) is 50.6 Å². The van der Waals surface area contributed by atoms with E-state index in [4.69, 9.17) is 10.6 Å². The number of morpholine rings is 1. The van der Waals surface area contributed by atoms with Gasteiger partial charge in [-0.3, -0.25) is 16.2 Å². The number of nitrogens with two attached hydrogens (primary N) is 1. The molecule has 2 fully saturated rings. The SMILES string of the molecule is C=C(C)CC(NN)C1(N2CCOCC2)CCCC1. The third-order valence-corrected chi connectivity index (χ3v) is 4.51. The number of ether oxygens (including phenoxy) is 1. The van der Waals surface area contributed by atoms with Crippen molar-refractivity contribution in [2.75, 3.05) is 26.3 Å². The maximum atomic E-state index is 5.84. The van der Waals surface area contributed by atoms with Crippen molar-refractivity contribution >= 4 is 0 Å². The van der Waals surface area contributed by atoms with Gasteiger partial charge in [0.15, 0.2) is 0 Å². The Balaban J connectivity index is 2.15. The minimum atomic E-state index is 0.220. The molecule has 4 heteroatoms. The minimum Gasteiger partial charge on any atom is -0.379 e. The molecule has 1 aliphatic heterocycles. The lowest BCUT2D eigenvalue weighted by Gasteiger charge is -2.48. The Morgan fingerprint density at radius 1 is 1.39 bits per heavy atom. The first kappa shape index (κ1) is 14.0. The summed E-state index contributed by atoms with van der Waals surface area (Å²) in [5.41, 5.74) is 4.50. The molecule has 1 saturated carbocycles. The zero-order chi connectivity index (χ0) is 13.0. The van der Waals surface area contributed by atoms with E-state index in [9.17, 15) is 0 Å². The van der Waals surface area contributed by atoms with Crippen LogP contribution in [-0.4, -0.2) is 42.8 Å². The molecule has 1 unspecified atom stereocenters. The van der Waals surface area contributed by atoms with Gasteiger partial charge >= 0.3 is 0 Å². The molecular weight excluding hydrogens is 226 g/mol. The van der Waals surface area contributed by atoms with Crippen molar-refractivity contribution < 1.29 is 4.74 Å². The average Bonchev–Trinajstić information content (AvgIpc) is 2.87. The Morgan fingerprint density at radius 2 is 2.00 bits per heavy atom. The summed E-state index contributed by atoms with van der Waals surface area (Å²) in [7, 11) is 0. The van der Waals surface area contributed by atoms with Crippen molar-refractivity contribution in [2.24, 2.45) is 5.84 Å². The van der Waals surface area contributed by atoms with E-state index in [1.807, 2.05) is 0 Å². The van der Waals surface area contributed by atoms with E-state index in [2.05, 4.69) is 23.8 Å². The van der Waals surface area contributed by atoms with Crippen molar-refractivity contribution in [1.29, 1.82) is 0 Å². The summed E-state index contributed by atoms with van der Waals surface area (Å²) in [5, 5.41) is 0. The molecule has 0 bridgehead atoms. The summed E-state index contributed by atoms with van der Waals surface area (Å²) in [6.45, 7) is 9.92. The van der Waals surface area contributed by atoms with Crippen LogP contribution in [0.4, 0.5) is 0 Å². The lowest BCUT2D eigenvalue weighted by Crippen LogP contribution is -2.63. The van der Waals surface area contributed by atoms with Crippen LogP contribution in [-0.2, 0) is 4.74 Å². The van der Waals surface area contributed by atoms with Crippen LogP contribution in [0.15, 0.2) is 12.2 Å². The molecule has 1 atom stereocenters. The van der Waals surface area contributed by atoms with Gasteiger partial charge in [0.25, 0.3) is 0 Å². The van der Waals surface area contributed by atoms with Crippen molar-refractivity contribution in [3.63, 3.8) is 0 Å². The van der Waals surface area contributed by atoms with Crippen LogP contribution >= 0.6 is 0 Å². The molecule has 1 aliphatic carbocycles. The first-order valence-corrected chi connectivity index (χ1v) is 7.12. The molecule has 1 saturated heterocycles. The molecule has 0 aromatic carbocycles. The van der Waals surface area contributed by atoms with Gasteiger partial charge < -0.3 is 4.74 Å². The predicted molar refractivity (Wildman–Crippen MR) is 74.1 cm³/mol. The number of hydrogen-bond donors (Lipinski definition) is 2. The highest BCUT2D eigenvalue weighted by Crippen LogP contribution is 2.40. The van der Waals surface area contributed by atoms with Gasteiger partial charge in [0, 0.05) is 24.7 Å². The maximum Gasteiger partial charge on any atom is 0.0594 e. The largest absolute Gasteiger partial charge is 0.379 e. The van der Waals surface area contributed by atoms with Gasteiger partial charge in [-0.15, -0.1) is 6.58 Å². The quantitative estimate of drug-likeness (QED) is 0.442. The Kier molecular flexibility index (Phi) is 4.78. The van der Waals surface area contributed by atoms with Crippen LogP contribution in [0.5, 0.6) is 0 Å². The standard InChI is InChI=1S/C14H27N3O/c1-12(2)11-13(16-15)14(5-3-4-6-14)17-7-9-18-10-8-17/h13,16H,1,3-11,15H2,2H3. The van der Waals surface area contributed by atoms with Crippen LogP contribution in [0.1, 0.15) is 39.0 Å². The Bertz CT molecular complexity index is 281. The molecule has 2 rings (SSSR count). The first-order valence-electron chi connectivity index (χ1n) is 7.12. The highest BCUT2D eigenvalue weighted by Gasteiger charge is 2.45. The zero-order valence-electron chi connectivity index (χ0n) is 11.6. The fraction of sp³-hybridized carbons (Fsp3) is 0.857. The summed E-state index contributed by atoms with van der Waals surface area (Å²) in [4.78, 5) is 2.61. The number of rotatable bonds is 5. The van der Waals surface area contributed by atoms with E-state index in [1.165, 1.54) is 31.3 Å². The van der Waals surface area contributed by atoms with Crippen molar-refractivity contribution in [3.05, 3.63) is 12.2 Å². The van der Waals surface area contributed by atoms with Crippen LogP contribution < -0.4 is 11.3 Å². The van der Waals surface area contributed by atoms with Gasteiger partial charge in [0.05, 0.1) is 13.2 Å². The third-order valence-electron chi connectivity index (χ3n) is 4.51. The van der Waals surface area contributed by atoms with E-state index >= 15 is 0 Å². The molecule has 18 heavy (non-hydrogen) atoms. The molecule has 3 N–H and O–H groups in total. The first-order chi connectivity index (χ1) is 8.69. The lowest BCUT2D eigenvalue weighted by atomic mass is 9.82. The molecule has 0 amide bonds. The number of nitrogens with one attached hydrogen (secondary N) is 1. The number of hydrazine groups is 1. The molecule has 104 valence electrons. The Labute approximate surface area is 111 Å². The second-order valence-electron chi connectivity index (χ2n) is 5.79. The van der Waals surface area contributed by atoms with Gasteiger partial charge in [-0.1, -0.05) is 18.4 Å². The molecule has 0 radical (unpaired) electrons. The fourth-order valence-corrected chi connectivity index (χ4v) is 3.63. The minimum absolute atomic E-state index is 0.220. The third kappa shape index (κ3) is 2.77. The maximum absolute atomic E-state index is 5.84. The van der Waals surface area contributed by atoms with E-state index in [-0.39, 0.29) is 5.54 Å². The van der Waals surface area contributed by atoms with Crippen LogP contribution in [0.3, 0.4) is 0 Å². The summed E-state index contributed by atoms with van der Waals surface area (Å²) < 4.78 is 5.49. The van der Waals surface area contributed by atoms with Gasteiger partial charge in [0.1, 0.15) is 0 Å². The molecule has 4 nitrogen and oxygen atoms in total. The topological polar surface area (TPSA) is 50.5 Å². The van der Waals surface area contributed by atoms with E-state index in [0.717, 1.165) is 32.7 Å². The van der Waals surface area contributed by atoms with E-state index in [0.29, 0.717) is 6.04 Å². The zero-order valence-corrected chi connectivity index (χ0v) is 11.6. The molecule has 0 aromatic rings. The van der Waals surface area contributed by atoms with Crippen molar-refractivity contribution in [1.82, 2.24) is 10.3 Å². The normalized spacial score (nSPS) is 26.1. The summed E-state index contributed by atoms with van der Waals surface area (Å²) >= 11 is 0. The number of hydrogen-bond acceptors (Lipinski definition) is 4. The monoisotopic (exact) mass is 253 g/mol. The van der Waals surface area contributed by atoms with E-state index < -0.39 is 0 Å². The highest BCUT2D eigenvalue weighted by molar-refractivity contribution is 5.08. The smallest absolute Gasteiger partial charge is 0.0594 e. The number of nitrogens with zero attached hydrogens (tertiary/aromatic N) is 1. The van der Waals surface area contributed by atoms with Gasteiger partial charge in [-0.25, -0.2) is 0 Å². The molecule has 0 spiro atoms. The molecular formula is C14H27N3O. The van der Waals surface area contributed by atoms with Gasteiger partial charge in [-0.2, -0.15) is 0 Å². The van der Waals surface area contributed by atoms with Gasteiger partial charge in [-0.05, 0) is 26.2 Å². The summed E-state index contributed by atoms with van der Waals surface area (Å²) in [6, 6.07) is 0.315. The Morgan fingerprint density at radius 3 is 2.50 bits per heavy atom. The predicted octanol–water partition coefficient (Wildman–Crippen LogP) is 1.43. The second-order valence-corrected chi connectivity index (χ2v) is 5.79. The fourth-order valence-electron chi connectivity index (χ4n) is 3.63. The Hall–Kier alpha value is -0.420. The molecule has 0 aromatic heterocycles. The van der Waals surface area contributed by atoms with Gasteiger partial charge in [0.2, 0.25) is 0 Å². The van der Waals surface area contributed by atoms with E-state index in [1.54, 1.807) is 0 Å². The lowest BCUT2D eigenvalue weighted by molar-refractivity contribution is -0.0357. The highest BCUT2D eigenvalue weighted by atomic mass is 16.5. The van der Waals surface area contributed by atoms with Crippen LogP contribution in [0.25, 0.3) is 0 Å². The molecule has 1 heterocycles. The van der Waals surface area contributed by atoms with Crippen LogP contribution in [0, 0.1) is 0 Å². The molecule has 2 aliphatic rings. The van der Waals surface area contributed by atoms with Crippen LogP contribution in [0.2, 0.25) is 0 Å². The van der Waals surface area contributed by atoms with Crippen molar-refractivity contribution in [3.8, 4) is 0 Å². The average molecular weight is 253 g/mol. The summed E-state index contributed by atoms with van der Waals surface area (Å²) in [5.74, 6) is 5.84. The second kappa shape index (κ2) is 6.15. The summed E-state index contributed by atoms with van der Waals surface area (Å²) in [6.07, 6.45) is 6.08.